The summed E-state index contributed by atoms with van der Waals surface area (Å²) in [7, 11) is 0. The minimum Gasteiger partial charge on any atom is -0.381 e. The molecule has 0 aromatic carbocycles. The van der Waals surface area contributed by atoms with Crippen molar-refractivity contribution in [1.82, 2.24) is 9.97 Å². The summed E-state index contributed by atoms with van der Waals surface area (Å²) in [4.78, 5) is 10.6. The predicted octanol–water partition coefficient (Wildman–Crippen LogP) is 1.39. The summed E-state index contributed by atoms with van der Waals surface area (Å²) in [5, 5.41) is 0. The lowest BCUT2D eigenvalue weighted by Gasteiger charge is -2.38. The summed E-state index contributed by atoms with van der Waals surface area (Å²) in [6.07, 6.45) is 3.32. The zero-order chi connectivity index (χ0) is 10.9. The zero-order valence-electron chi connectivity index (χ0n) is 9.10. The maximum Gasteiger partial charge on any atom is 0.171 e. The highest BCUT2D eigenvalue weighted by molar-refractivity contribution is 8.00. The number of nitrogens with two attached hydrogens (primary N) is 1. The first-order valence-electron chi connectivity index (χ1n) is 5.04. The van der Waals surface area contributed by atoms with Crippen LogP contribution in [0.5, 0.6) is 0 Å². The van der Waals surface area contributed by atoms with Gasteiger partial charge in [0.2, 0.25) is 0 Å². The van der Waals surface area contributed by atoms with E-state index in [1.807, 2.05) is 11.8 Å². The molecule has 1 saturated heterocycles. The third-order valence-corrected chi connectivity index (χ3v) is 3.73. The van der Waals surface area contributed by atoms with Gasteiger partial charge in [-0.2, -0.15) is 11.8 Å². The second kappa shape index (κ2) is 3.89. The molecule has 2 rings (SSSR count). The summed E-state index contributed by atoms with van der Waals surface area (Å²) in [5.41, 5.74) is 5.82. The molecule has 0 spiro atoms. The van der Waals surface area contributed by atoms with Gasteiger partial charge in [0, 0.05) is 36.0 Å². The van der Waals surface area contributed by atoms with E-state index in [1.165, 1.54) is 0 Å². The molecule has 1 aliphatic heterocycles. The first-order chi connectivity index (χ1) is 7.08. The molecule has 82 valence electrons. The summed E-state index contributed by atoms with van der Waals surface area (Å²) in [6, 6.07) is 0. The van der Waals surface area contributed by atoms with Crippen molar-refractivity contribution in [2.24, 2.45) is 0 Å². The van der Waals surface area contributed by atoms with Gasteiger partial charge < -0.3 is 10.6 Å². The van der Waals surface area contributed by atoms with Gasteiger partial charge in [-0.1, -0.05) is 0 Å². The van der Waals surface area contributed by atoms with E-state index in [9.17, 15) is 0 Å². The van der Waals surface area contributed by atoms with E-state index in [-0.39, 0.29) is 4.75 Å². The van der Waals surface area contributed by atoms with Crippen molar-refractivity contribution in [2.45, 2.75) is 18.6 Å². The van der Waals surface area contributed by atoms with Crippen LogP contribution in [0.2, 0.25) is 0 Å². The highest BCUT2D eigenvalue weighted by atomic mass is 32.2. The fourth-order valence-corrected chi connectivity index (χ4v) is 2.89. The Morgan fingerprint density at radius 3 is 2.80 bits per heavy atom. The van der Waals surface area contributed by atoms with Gasteiger partial charge in [-0.3, -0.25) is 0 Å². The molecular formula is C10H16N4S. The highest BCUT2D eigenvalue weighted by Gasteiger charge is 2.28. The van der Waals surface area contributed by atoms with Gasteiger partial charge in [0.15, 0.2) is 11.6 Å². The largest absolute Gasteiger partial charge is 0.381 e. The molecule has 0 bridgehead atoms. The first-order valence-corrected chi connectivity index (χ1v) is 6.02. The van der Waals surface area contributed by atoms with Crippen LogP contribution < -0.4 is 10.6 Å². The molecule has 4 nitrogen and oxygen atoms in total. The second-order valence-electron chi connectivity index (χ2n) is 4.29. The Labute approximate surface area is 94.3 Å². The minimum absolute atomic E-state index is 0.266. The average Bonchev–Trinajstić information content (AvgIpc) is 2.17. The average molecular weight is 224 g/mol. The van der Waals surface area contributed by atoms with Crippen LogP contribution in [-0.2, 0) is 0 Å². The lowest BCUT2D eigenvalue weighted by molar-refractivity contribution is 0.642. The maximum absolute atomic E-state index is 5.82. The van der Waals surface area contributed by atoms with Gasteiger partial charge in [0.25, 0.3) is 0 Å². The smallest absolute Gasteiger partial charge is 0.171 e. The molecule has 1 aromatic heterocycles. The van der Waals surface area contributed by atoms with Gasteiger partial charge in [0.05, 0.1) is 0 Å². The van der Waals surface area contributed by atoms with E-state index in [2.05, 4.69) is 28.7 Å². The number of thioether (sulfide) groups is 1. The van der Waals surface area contributed by atoms with E-state index < -0.39 is 0 Å². The van der Waals surface area contributed by atoms with Crippen molar-refractivity contribution < 1.29 is 0 Å². The van der Waals surface area contributed by atoms with Gasteiger partial charge in [-0.15, -0.1) is 0 Å². The van der Waals surface area contributed by atoms with Crippen LogP contribution in [0, 0.1) is 0 Å². The van der Waals surface area contributed by atoms with E-state index in [1.54, 1.807) is 12.4 Å². The van der Waals surface area contributed by atoms with Crippen LogP contribution in [0.3, 0.4) is 0 Å². The lowest BCUT2D eigenvalue weighted by atomic mass is 10.2. The fraction of sp³-hybridized carbons (Fsp3) is 0.600. The second-order valence-corrected chi connectivity index (χ2v) is 6.10. The van der Waals surface area contributed by atoms with E-state index >= 15 is 0 Å². The maximum atomic E-state index is 5.82. The Bertz CT molecular complexity index is 353. The zero-order valence-corrected chi connectivity index (χ0v) is 9.92. The molecule has 2 N–H and O–H groups in total. The third kappa shape index (κ3) is 2.34. The van der Waals surface area contributed by atoms with Crippen LogP contribution in [-0.4, -0.2) is 33.6 Å². The van der Waals surface area contributed by atoms with Crippen LogP contribution in [0.15, 0.2) is 12.4 Å². The summed E-state index contributed by atoms with van der Waals surface area (Å²) < 4.78 is 0.266. The molecule has 5 heteroatoms. The fourth-order valence-electron chi connectivity index (χ4n) is 1.78. The van der Waals surface area contributed by atoms with Crippen molar-refractivity contribution in [3.8, 4) is 0 Å². The Morgan fingerprint density at radius 2 is 2.13 bits per heavy atom. The van der Waals surface area contributed by atoms with E-state index in [4.69, 9.17) is 5.73 Å². The van der Waals surface area contributed by atoms with Crippen molar-refractivity contribution in [2.75, 3.05) is 29.5 Å². The molecule has 1 fully saturated rings. The van der Waals surface area contributed by atoms with Gasteiger partial charge in [0.1, 0.15) is 0 Å². The summed E-state index contributed by atoms with van der Waals surface area (Å²) >= 11 is 1.99. The molecular weight excluding hydrogens is 208 g/mol. The number of aromatic nitrogens is 2. The minimum atomic E-state index is 0.266. The lowest BCUT2D eigenvalue weighted by Crippen LogP contribution is -2.43. The summed E-state index contributed by atoms with van der Waals surface area (Å²) in [5.74, 6) is 2.47. The normalized spacial score (nSPS) is 20.3. The molecule has 0 radical (unpaired) electrons. The Kier molecular flexibility index (Phi) is 2.73. The first kappa shape index (κ1) is 10.5. The standard InChI is InChI=1S/C10H16N4S/c1-10(2)7-14(5-6-15-10)9-8(11)12-3-4-13-9/h3-4H,5-7H2,1-2H3,(H2,11,12). The molecule has 2 heterocycles. The molecule has 0 atom stereocenters. The van der Waals surface area contributed by atoms with E-state index in [0.29, 0.717) is 5.82 Å². The number of hydrogen-bond donors (Lipinski definition) is 1. The number of hydrogen-bond acceptors (Lipinski definition) is 5. The molecule has 0 amide bonds. The topological polar surface area (TPSA) is 55.0 Å². The summed E-state index contributed by atoms with van der Waals surface area (Å²) in [6.45, 7) is 6.46. The van der Waals surface area contributed by atoms with Crippen molar-refractivity contribution >= 4 is 23.4 Å². The van der Waals surface area contributed by atoms with Gasteiger partial charge in [-0.05, 0) is 13.8 Å². The van der Waals surface area contributed by atoms with Crippen molar-refractivity contribution in [3.63, 3.8) is 0 Å². The van der Waals surface area contributed by atoms with Crippen LogP contribution in [0.25, 0.3) is 0 Å². The highest BCUT2D eigenvalue weighted by Crippen LogP contribution is 2.32. The monoisotopic (exact) mass is 224 g/mol. The molecule has 15 heavy (non-hydrogen) atoms. The Hall–Kier alpha value is -0.970. The van der Waals surface area contributed by atoms with Gasteiger partial charge >= 0.3 is 0 Å². The quantitative estimate of drug-likeness (QED) is 0.781. The Balaban J connectivity index is 2.21. The molecule has 1 aliphatic rings. The van der Waals surface area contributed by atoms with Crippen molar-refractivity contribution in [1.29, 1.82) is 0 Å². The number of nitrogens with zero attached hydrogens (tertiary/aromatic N) is 3. The van der Waals surface area contributed by atoms with E-state index in [0.717, 1.165) is 24.7 Å². The molecule has 1 aromatic rings. The van der Waals surface area contributed by atoms with Crippen LogP contribution in [0.1, 0.15) is 13.8 Å². The predicted molar refractivity (Wildman–Crippen MR) is 65.2 cm³/mol. The van der Waals surface area contributed by atoms with Crippen LogP contribution in [0.4, 0.5) is 11.6 Å². The number of anilines is 2. The van der Waals surface area contributed by atoms with Crippen molar-refractivity contribution in [3.05, 3.63) is 12.4 Å². The third-order valence-electron chi connectivity index (χ3n) is 2.43. The van der Waals surface area contributed by atoms with Crippen LogP contribution >= 0.6 is 11.8 Å². The molecule has 0 unspecified atom stereocenters. The number of nitrogen functional groups attached to an aromatic ring is 1. The Morgan fingerprint density at radius 1 is 1.40 bits per heavy atom. The molecule has 0 saturated carbocycles. The number of rotatable bonds is 1. The SMILES string of the molecule is CC1(C)CN(c2nccnc2N)CCS1. The van der Waals surface area contributed by atoms with Gasteiger partial charge in [-0.25, -0.2) is 9.97 Å². The molecule has 0 aliphatic carbocycles.